The smallest absolute Gasteiger partial charge is 0.325 e. The molecule has 0 saturated carbocycles. The van der Waals surface area contributed by atoms with Gasteiger partial charge < -0.3 is 10.6 Å². The predicted molar refractivity (Wildman–Crippen MR) is 85.0 cm³/mol. The zero-order valence-electron chi connectivity index (χ0n) is 12.2. The van der Waals surface area contributed by atoms with Gasteiger partial charge in [-0.15, -0.1) is 10.2 Å². The van der Waals surface area contributed by atoms with Crippen molar-refractivity contribution >= 4 is 45.7 Å². The van der Waals surface area contributed by atoms with Crippen LogP contribution in [0, 0.1) is 0 Å². The molecule has 128 valence electrons. The molecular formula is C13H11F3N4O2S2. The van der Waals surface area contributed by atoms with Gasteiger partial charge >= 0.3 is 6.18 Å². The number of para-hydroxylation sites is 1. The minimum Gasteiger partial charge on any atom is -0.325 e. The summed E-state index contributed by atoms with van der Waals surface area (Å²) >= 11 is 2.08. The summed E-state index contributed by atoms with van der Waals surface area (Å²) < 4.78 is 39.0. The maximum atomic E-state index is 12.8. The fourth-order valence-electron chi connectivity index (χ4n) is 1.62. The van der Waals surface area contributed by atoms with Crippen molar-refractivity contribution in [2.24, 2.45) is 0 Å². The molecule has 2 aromatic rings. The van der Waals surface area contributed by atoms with Crippen molar-refractivity contribution in [2.75, 3.05) is 16.4 Å². The quantitative estimate of drug-likeness (QED) is 0.618. The van der Waals surface area contributed by atoms with Gasteiger partial charge in [0.25, 0.3) is 0 Å². The number of halogens is 3. The number of nitrogens with zero attached hydrogens (tertiary/aromatic N) is 2. The van der Waals surface area contributed by atoms with Crippen molar-refractivity contribution < 1.29 is 22.8 Å². The Morgan fingerprint density at radius 2 is 1.92 bits per heavy atom. The Morgan fingerprint density at radius 1 is 1.21 bits per heavy atom. The van der Waals surface area contributed by atoms with Gasteiger partial charge in [-0.1, -0.05) is 35.2 Å². The van der Waals surface area contributed by atoms with E-state index in [0.717, 1.165) is 29.2 Å². The number of benzene rings is 1. The number of thioether (sulfide) groups is 1. The van der Waals surface area contributed by atoms with E-state index in [0.29, 0.717) is 4.34 Å². The molecule has 6 nitrogen and oxygen atoms in total. The maximum Gasteiger partial charge on any atom is 0.418 e. The van der Waals surface area contributed by atoms with Crippen LogP contribution in [0.3, 0.4) is 0 Å². The van der Waals surface area contributed by atoms with Gasteiger partial charge in [0.05, 0.1) is 17.0 Å². The molecule has 0 saturated heterocycles. The molecule has 2 amide bonds. The van der Waals surface area contributed by atoms with E-state index < -0.39 is 17.6 Å². The molecule has 1 heterocycles. The predicted octanol–water partition coefficient (Wildman–Crippen LogP) is 3.25. The van der Waals surface area contributed by atoms with Gasteiger partial charge in [0, 0.05) is 6.92 Å². The summed E-state index contributed by atoms with van der Waals surface area (Å²) in [5.41, 5.74) is -1.21. The number of alkyl halides is 3. The lowest BCUT2D eigenvalue weighted by Gasteiger charge is -2.13. The van der Waals surface area contributed by atoms with Gasteiger partial charge in [-0.3, -0.25) is 9.59 Å². The van der Waals surface area contributed by atoms with E-state index in [-0.39, 0.29) is 22.5 Å². The minimum atomic E-state index is -4.55. The number of carbonyl (C=O) groups is 2. The van der Waals surface area contributed by atoms with E-state index in [4.69, 9.17) is 0 Å². The zero-order valence-corrected chi connectivity index (χ0v) is 13.8. The number of amides is 2. The zero-order chi connectivity index (χ0) is 17.7. The Balaban J connectivity index is 1.95. The number of hydrogen-bond donors (Lipinski definition) is 2. The normalized spacial score (nSPS) is 11.2. The molecule has 0 aliphatic carbocycles. The van der Waals surface area contributed by atoms with Gasteiger partial charge in [0.15, 0.2) is 4.34 Å². The number of hydrogen-bond acceptors (Lipinski definition) is 6. The number of nitrogens with one attached hydrogen (secondary N) is 2. The van der Waals surface area contributed by atoms with Crippen LogP contribution in [0.15, 0.2) is 28.6 Å². The van der Waals surface area contributed by atoms with E-state index in [2.05, 4.69) is 20.8 Å². The topological polar surface area (TPSA) is 84.0 Å². The molecule has 2 rings (SSSR count). The molecule has 0 bridgehead atoms. The number of anilines is 2. The van der Waals surface area contributed by atoms with E-state index in [1.54, 1.807) is 0 Å². The van der Waals surface area contributed by atoms with Gasteiger partial charge in [-0.25, -0.2) is 0 Å². The summed E-state index contributed by atoms with van der Waals surface area (Å²) in [5, 5.41) is 12.4. The molecule has 0 aliphatic heterocycles. The highest BCUT2D eigenvalue weighted by atomic mass is 32.2. The van der Waals surface area contributed by atoms with Crippen molar-refractivity contribution in [2.45, 2.75) is 17.4 Å². The van der Waals surface area contributed by atoms with Crippen LogP contribution in [0.5, 0.6) is 0 Å². The van der Waals surface area contributed by atoms with Crippen molar-refractivity contribution in [3.8, 4) is 0 Å². The number of aromatic nitrogens is 2. The average Bonchev–Trinajstić information content (AvgIpc) is 2.91. The lowest BCUT2D eigenvalue weighted by atomic mass is 10.1. The van der Waals surface area contributed by atoms with Gasteiger partial charge in [0.1, 0.15) is 0 Å². The van der Waals surface area contributed by atoms with Crippen molar-refractivity contribution in [1.29, 1.82) is 0 Å². The second-order valence-electron chi connectivity index (χ2n) is 4.43. The molecular weight excluding hydrogens is 365 g/mol. The molecule has 11 heteroatoms. The first-order chi connectivity index (χ1) is 11.3. The highest BCUT2D eigenvalue weighted by molar-refractivity contribution is 8.01. The Kier molecular flexibility index (Phi) is 5.78. The van der Waals surface area contributed by atoms with Crippen LogP contribution in [-0.4, -0.2) is 27.8 Å². The fourth-order valence-corrected chi connectivity index (χ4v) is 3.22. The third-order valence-corrected chi connectivity index (χ3v) is 4.49. The molecule has 1 aromatic heterocycles. The van der Waals surface area contributed by atoms with E-state index in [1.165, 1.54) is 25.1 Å². The first-order valence-electron chi connectivity index (χ1n) is 6.45. The number of carbonyl (C=O) groups excluding carboxylic acids is 2. The van der Waals surface area contributed by atoms with E-state index in [9.17, 15) is 22.8 Å². The Labute approximate surface area is 142 Å². The molecule has 2 N–H and O–H groups in total. The van der Waals surface area contributed by atoms with Gasteiger partial charge in [-0.2, -0.15) is 13.2 Å². The fraction of sp³-hybridized carbons (Fsp3) is 0.231. The first kappa shape index (κ1) is 18.2. The SMILES string of the molecule is CC(=O)Nc1nnc(SCC(=O)Nc2ccccc2C(F)(F)F)s1. The van der Waals surface area contributed by atoms with Crippen LogP contribution in [-0.2, 0) is 15.8 Å². The summed E-state index contributed by atoms with van der Waals surface area (Å²) in [6.07, 6.45) is -4.55. The molecule has 24 heavy (non-hydrogen) atoms. The summed E-state index contributed by atoms with van der Waals surface area (Å²) in [7, 11) is 0. The summed E-state index contributed by atoms with van der Waals surface area (Å²) in [6, 6.07) is 4.74. The molecule has 0 spiro atoms. The summed E-state index contributed by atoms with van der Waals surface area (Å²) in [4.78, 5) is 22.7. The third kappa shape index (κ3) is 5.20. The Bertz CT molecular complexity index is 749. The Morgan fingerprint density at radius 3 is 2.58 bits per heavy atom. The molecule has 0 unspecified atom stereocenters. The molecule has 1 aromatic carbocycles. The average molecular weight is 376 g/mol. The van der Waals surface area contributed by atoms with Gasteiger partial charge in [0.2, 0.25) is 16.9 Å². The first-order valence-corrected chi connectivity index (χ1v) is 8.26. The second-order valence-corrected chi connectivity index (χ2v) is 6.63. The van der Waals surface area contributed by atoms with E-state index in [1.807, 2.05) is 0 Å². The lowest BCUT2D eigenvalue weighted by Crippen LogP contribution is -2.18. The van der Waals surface area contributed by atoms with Crippen LogP contribution >= 0.6 is 23.1 Å². The molecule has 0 radical (unpaired) electrons. The maximum absolute atomic E-state index is 12.8. The highest BCUT2D eigenvalue weighted by Crippen LogP contribution is 2.34. The highest BCUT2D eigenvalue weighted by Gasteiger charge is 2.33. The van der Waals surface area contributed by atoms with Gasteiger partial charge in [-0.05, 0) is 12.1 Å². The van der Waals surface area contributed by atoms with Crippen LogP contribution < -0.4 is 10.6 Å². The van der Waals surface area contributed by atoms with Crippen LogP contribution in [0.4, 0.5) is 24.0 Å². The third-order valence-electron chi connectivity index (χ3n) is 2.52. The van der Waals surface area contributed by atoms with Crippen LogP contribution in [0.1, 0.15) is 12.5 Å². The molecule has 0 atom stereocenters. The molecule has 0 aliphatic rings. The van der Waals surface area contributed by atoms with Crippen LogP contribution in [0.2, 0.25) is 0 Å². The standard InChI is InChI=1S/C13H11F3N4O2S2/c1-7(21)17-11-19-20-12(24-11)23-6-10(22)18-9-5-3-2-4-8(9)13(14,15)16/h2-5H,6H2,1H3,(H,18,22)(H,17,19,21). The molecule has 0 fully saturated rings. The number of rotatable bonds is 5. The monoisotopic (exact) mass is 376 g/mol. The Hall–Kier alpha value is -2.14. The van der Waals surface area contributed by atoms with Crippen LogP contribution in [0.25, 0.3) is 0 Å². The van der Waals surface area contributed by atoms with Crippen molar-refractivity contribution in [3.05, 3.63) is 29.8 Å². The minimum absolute atomic E-state index is 0.138. The summed E-state index contributed by atoms with van der Waals surface area (Å²) in [5.74, 6) is -1.04. The van der Waals surface area contributed by atoms with E-state index >= 15 is 0 Å². The van der Waals surface area contributed by atoms with Crippen molar-refractivity contribution in [1.82, 2.24) is 10.2 Å². The van der Waals surface area contributed by atoms with Crippen molar-refractivity contribution in [3.63, 3.8) is 0 Å². The lowest BCUT2D eigenvalue weighted by molar-refractivity contribution is -0.137. The largest absolute Gasteiger partial charge is 0.418 e. The summed E-state index contributed by atoms with van der Waals surface area (Å²) in [6.45, 7) is 1.32. The second kappa shape index (κ2) is 7.62.